The van der Waals surface area contributed by atoms with Crippen molar-refractivity contribution < 1.29 is 29.0 Å². The van der Waals surface area contributed by atoms with E-state index < -0.39 is 12.1 Å². The van der Waals surface area contributed by atoms with Crippen LogP contribution in [0.3, 0.4) is 0 Å². The Labute approximate surface area is 170 Å². The molecule has 0 unspecified atom stereocenters. The Morgan fingerprint density at radius 3 is 2.52 bits per heavy atom. The van der Waals surface area contributed by atoms with Crippen LogP contribution < -0.4 is 20.1 Å². The summed E-state index contributed by atoms with van der Waals surface area (Å²) >= 11 is 0. The summed E-state index contributed by atoms with van der Waals surface area (Å²) in [6.07, 6.45) is 0.263. The van der Waals surface area contributed by atoms with Gasteiger partial charge in [0.15, 0.2) is 11.5 Å². The van der Waals surface area contributed by atoms with Crippen molar-refractivity contribution in [1.29, 1.82) is 0 Å². The highest BCUT2D eigenvalue weighted by Gasteiger charge is 2.38. The molecule has 1 aromatic carbocycles. The van der Waals surface area contributed by atoms with E-state index in [1.54, 1.807) is 18.2 Å². The molecule has 4 amide bonds. The highest BCUT2D eigenvalue weighted by Crippen LogP contribution is 2.28. The number of methoxy groups -OCH3 is 2. The van der Waals surface area contributed by atoms with E-state index in [0.717, 1.165) is 4.90 Å². The van der Waals surface area contributed by atoms with Gasteiger partial charge in [-0.25, -0.2) is 4.79 Å². The highest BCUT2D eigenvalue weighted by molar-refractivity contribution is 6.04. The van der Waals surface area contributed by atoms with Crippen molar-refractivity contribution in [2.45, 2.75) is 45.3 Å². The monoisotopic (exact) mass is 407 g/mol. The Morgan fingerprint density at radius 2 is 1.93 bits per heavy atom. The molecule has 0 saturated carbocycles. The van der Waals surface area contributed by atoms with E-state index in [2.05, 4.69) is 10.6 Å². The highest BCUT2D eigenvalue weighted by atomic mass is 16.5. The number of carbonyl (C=O) groups excluding carboxylic acids is 3. The lowest BCUT2D eigenvalue weighted by Gasteiger charge is -2.20. The number of hydrogen-bond donors (Lipinski definition) is 3. The summed E-state index contributed by atoms with van der Waals surface area (Å²) in [5, 5.41) is 14.7. The predicted octanol–water partition coefficient (Wildman–Crippen LogP) is 1.04. The maximum absolute atomic E-state index is 12.6. The van der Waals surface area contributed by atoms with E-state index in [4.69, 9.17) is 9.47 Å². The van der Waals surface area contributed by atoms with Crippen molar-refractivity contribution >= 4 is 17.8 Å². The number of aliphatic hydroxyl groups is 1. The maximum Gasteiger partial charge on any atom is 0.325 e. The van der Waals surface area contributed by atoms with Gasteiger partial charge < -0.3 is 25.2 Å². The van der Waals surface area contributed by atoms with Crippen molar-refractivity contribution in [3.05, 3.63) is 23.8 Å². The van der Waals surface area contributed by atoms with Gasteiger partial charge in [0.2, 0.25) is 5.91 Å². The number of aliphatic hydroxyl groups excluding tert-OH is 1. The fourth-order valence-electron chi connectivity index (χ4n) is 3.06. The van der Waals surface area contributed by atoms with Gasteiger partial charge in [0.1, 0.15) is 6.04 Å². The first-order chi connectivity index (χ1) is 13.8. The number of rotatable bonds is 10. The zero-order valence-corrected chi connectivity index (χ0v) is 17.2. The molecular formula is C20H29N3O6. The quantitative estimate of drug-likeness (QED) is 0.499. The fourth-order valence-corrected chi connectivity index (χ4v) is 3.06. The van der Waals surface area contributed by atoms with Gasteiger partial charge in [-0.2, -0.15) is 0 Å². The van der Waals surface area contributed by atoms with E-state index >= 15 is 0 Å². The standard InChI is InChI=1S/C20H29N3O6/c1-12(2)15(11-24)21-18(25)8-6-14-19(26)23(20(27)22-14)10-13-5-7-16(28-3)17(9-13)29-4/h5,7,9,12,14-15,24H,6,8,10-11H2,1-4H3,(H,21,25)(H,22,27)/t14-,15-/m0/s1. The molecule has 0 aromatic heterocycles. The minimum Gasteiger partial charge on any atom is -0.493 e. The summed E-state index contributed by atoms with van der Waals surface area (Å²) in [4.78, 5) is 38.1. The first-order valence-electron chi connectivity index (χ1n) is 9.53. The van der Waals surface area contributed by atoms with E-state index in [0.29, 0.717) is 17.1 Å². The lowest BCUT2D eigenvalue weighted by atomic mass is 10.0. The normalized spacial score (nSPS) is 17.3. The summed E-state index contributed by atoms with van der Waals surface area (Å²) in [5.41, 5.74) is 0.715. The van der Waals surface area contributed by atoms with E-state index in [9.17, 15) is 19.5 Å². The molecule has 1 saturated heterocycles. The topological polar surface area (TPSA) is 117 Å². The average molecular weight is 407 g/mol. The second-order valence-electron chi connectivity index (χ2n) is 7.26. The van der Waals surface area contributed by atoms with Crippen LogP contribution >= 0.6 is 0 Å². The summed E-state index contributed by atoms with van der Waals surface area (Å²) in [5.74, 6) is 0.515. The number of carbonyl (C=O) groups is 3. The molecule has 9 nitrogen and oxygen atoms in total. The first-order valence-corrected chi connectivity index (χ1v) is 9.53. The maximum atomic E-state index is 12.6. The number of benzene rings is 1. The van der Waals surface area contributed by atoms with Gasteiger partial charge in [-0.3, -0.25) is 14.5 Å². The zero-order valence-electron chi connectivity index (χ0n) is 17.2. The van der Waals surface area contributed by atoms with Crippen LogP contribution in [0.2, 0.25) is 0 Å². The summed E-state index contributed by atoms with van der Waals surface area (Å²) < 4.78 is 10.4. The fraction of sp³-hybridized carbons (Fsp3) is 0.550. The molecule has 1 aliphatic heterocycles. The van der Waals surface area contributed by atoms with Crippen LogP contribution in [-0.4, -0.2) is 60.8 Å². The molecule has 0 radical (unpaired) electrons. The SMILES string of the molecule is COc1ccc(CN2C(=O)N[C@@H](CCC(=O)N[C@@H](CO)C(C)C)C2=O)cc1OC. The molecule has 1 aliphatic rings. The molecule has 3 N–H and O–H groups in total. The number of ether oxygens (including phenoxy) is 2. The van der Waals surface area contributed by atoms with Crippen LogP contribution in [0.25, 0.3) is 0 Å². The Bertz CT molecular complexity index is 752. The number of amides is 4. The number of nitrogens with one attached hydrogen (secondary N) is 2. The number of nitrogens with zero attached hydrogens (tertiary/aromatic N) is 1. The minimum atomic E-state index is -0.750. The van der Waals surface area contributed by atoms with Gasteiger partial charge in [-0.1, -0.05) is 19.9 Å². The third-order valence-electron chi connectivity index (χ3n) is 4.90. The first kappa shape index (κ1) is 22.5. The zero-order chi connectivity index (χ0) is 21.6. The van der Waals surface area contributed by atoms with Crippen LogP contribution in [0.5, 0.6) is 11.5 Å². The summed E-state index contributed by atoms with van der Waals surface area (Å²) in [7, 11) is 3.04. The molecule has 1 aromatic rings. The van der Waals surface area contributed by atoms with Crippen molar-refractivity contribution in [3.8, 4) is 11.5 Å². The number of hydrogen-bond acceptors (Lipinski definition) is 6. The summed E-state index contributed by atoms with van der Waals surface area (Å²) in [6, 6.07) is 3.59. The van der Waals surface area contributed by atoms with E-state index in [1.165, 1.54) is 14.2 Å². The molecule has 0 aliphatic carbocycles. The van der Waals surface area contributed by atoms with Gasteiger partial charge in [-0.05, 0) is 30.0 Å². The molecule has 9 heteroatoms. The third kappa shape index (κ3) is 5.60. The van der Waals surface area contributed by atoms with Crippen LogP contribution in [0.1, 0.15) is 32.3 Å². The van der Waals surface area contributed by atoms with Gasteiger partial charge in [0.25, 0.3) is 5.91 Å². The molecule has 2 atom stereocenters. The third-order valence-corrected chi connectivity index (χ3v) is 4.90. The largest absolute Gasteiger partial charge is 0.493 e. The average Bonchev–Trinajstić information content (AvgIpc) is 2.97. The minimum absolute atomic E-state index is 0.0735. The number of urea groups is 1. The van der Waals surface area contributed by atoms with Gasteiger partial charge in [0.05, 0.1) is 33.4 Å². The molecule has 160 valence electrons. The lowest BCUT2D eigenvalue weighted by molar-refractivity contribution is -0.128. The number of imide groups is 1. The summed E-state index contributed by atoms with van der Waals surface area (Å²) in [6.45, 7) is 3.73. The molecule has 1 fully saturated rings. The van der Waals surface area contributed by atoms with Crippen LogP contribution in [0.15, 0.2) is 18.2 Å². The van der Waals surface area contributed by atoms with Crippen LogP contribution in [0.4, 0.5) is 4.79 Å². The van der Waals surface area contributed by atoms with Crippen LogP contribution in [0, 0.1) is 5.92 Å². The predicted molar refractivity (Wildman–Crippen MR) is 106 cm³/mol. The molecule has 0 spiro atoms. The van der Waals surface area contributed by atoms with Crippen molar-refractivity contribution in [1.82, 2.24) is 15.5 Å². The Morgan fingerprint density at radius 1 is 1.24 bits per heavy atom. The second-order valence-corrected chi connectivity index (χ2v) is 7.26. The van der Waals surface area contributed by atoms with E-state index in [-0.39, 0.29) is 49.8 Å². The van der Waals surface area contributed by atoms with Crippen LogP contribution in [-0.2, 0) is 16.1 Å². The Hall–Kier alpha value is -2.81. The van der Waals surface area contributed by atoms with Crippen molar-refractivity contribution in [2.24, 2.45) is 5.92 Å². The molecule has 1 heterocycles. The Kier molecular flexibility index (Phi) is 7.83. The smallest absolute Gasteiger partial charge is 0.325 e. The lowest BCUT2D eigenvalue weighted by Crippen LogP contribution is -2.42. The van der Waals surface area contributed by atoms with Crippen molar-refractivity contribution in [2.75, 3.05) is 20.8 Å². The van der Waals surface area contributed by atoms with Gasteiger partial charge in [-0.15, -0.1) is 0 Å². The van der Waals surface area contributed by atoms with E-state index in [1.807, 2.05) is 13.8 Å². The molecule has 0 bridgehead atoms. The Balaban J connectivity index is 1.95. The van der Waals surface area contributed by atoms with Gasteiger partial charge >= 0.3 is 6.03 Å². The molecular weight excluding hydrogens is 378 g/mol. The second kappa shape index (κ2) is 10.1. The molecule has 29 heavy (non-hydrogen) atoms. The molecule has 2 rings (SSSR count). The van der Waals surface area contributed by atoms with Gasteiger partial charge in [0, 0.05) is 6.42 Å². The van der Waals surface area contributed by atoms with Crippen molar-refractivity contribution in [3.63, 3.8) is 0 Å².